The first kappa shape index (κ1) is 17.7. The van der Waals surface area contributed by atoms with Crippen molar-refractivity contribution in [3.05, 3.63) is 11.1 Å². The number of hydrogen-bond donors (Lipinski definition) is 2. The minimum atomic E-state index is 0.958. The quantitative estimate of drug-likeness (QED) is 0.655. The standard InChI is InChI=1S/C20H26N8S/c1-2-4-14-13(3-1)15-16-17(19(25-26-24-16)28-11-7-22-8-12-28)29-20(15)23-18(14)27-9-5-21-6-10-27/h21-22H,1-12H2. The van der Waals surface area contributed by atoms with Crippen LogP contribution in [0.3, 0.4) is 0 Å². The van der Waals surface area contributed by atoms with Crippen LogP contribution in [0.1, 0.15) is 24.0 Å². The predicted molar refractivity (Wildman–Crippen MR) is 117 cm³/mol. The third kappa shape index (κ3) is 2.94. The van der Waals surface area contributed by atoms with Gasteiger partial charge in [0.15, 0.2) is 5.82 Å². The van der Waals surface area contributed by atoms with Crippen LogP contribution >= 0.6 is 11.3 Å². The Hall–Kier alpha value is -2.10. The molecule has 0 amide bonds. The molecule has 3 aliphatic rings. The third-order valence-corrected chi connectivity index (χ3v) is 7.50. The lowest BCUT2D eigenvalue weighted by molar-refractivity contribution is 0.580. The van der Waals surface area contributed by atoms with Crippen LogP contribution in [-0.2, 0) is 12.8 Å². The van der Waals surface area contributed by atoms with Crippen LogP contribution in [0.15, 0.2) is 0 Å². The SMILES string of the molecule is C1CCc2c(c(N3CCNCC3)nc3sc4c(N5CCNCC5)nnnc4c23)C1. The number of pyridine rings is 1. The van der Waals surface area contributed by atoms with E-state index in [2.05, 4.69) is 35.8 Å². The fraction of sp³-hybridized carbons (Fsp3) is 0.600. The summed E-state index contributed by atoms with van der Waals surface area (Å²) in [5.41, 5.74) is 3.92. The van der Waals surface area contributed by atoms with Gasteiger partial charge in [-0.1, -0.05) is 0 Å². The van der Waals surface area contributed by atoms with Gasteiger partial charge in [-0.3, -0.25) is 0 Å². The van der Waals surface area contributed by atoms with Crippen LogP contribution in [-0.4, -0.2) is 72.8 Å². The molecule has 3 aromatic rings. The molecule has 2 fully saturated rings. The molecule has 0 aromatic carbocycles. The lowest BCUT2D eigenvalue weighted by Crippen LogP contribution is -2.44. The Kier molecular flexibility index (Phi) is 4.46. The van der Waals surface area contributed by atoms with Gasteiger partial charge in [0.1, 0.15) is 20.9 Å². The van der Waals surface area contributed by atoms with Gasteiger partial charge in [0.25, 0.3) is 0 Å². The van der Waals surface area contributed by atoms with Gasteiger partial charge in [0, 0.05) is 57.7 Å². The minimum Gasteiger partial charge on any atom is -0.354 e. The van der Waals surface area contributed by atoms with E-state index < -0.39 is 0 Å². The van der Waals surface area contributed by atoms with Gasteiger partial charge in [-0.2, -0.15) is 0 Å². The first-order valence-electron chi connectivity index (χ1n) is 10.8. The fourth-order valence-corrected chi connectivity index (χ4v) is 6.12. The zero-order valence-electron chi connectivity index (χ0n) is 16.6. The van der Waals surface area contributed by atoms with E-state index >= 15 is 0 Å². The Balaban J connectivity index is 1.57. The largest absolute Gasteiger partial charge is 0.354 e. The lowest BCUT2D eigenvalue weighted by atomic mass is 9.90. The van der Waals surface area contributed by atoms with Gasteiger partial charge in [0.05, 0.1) is 0 Å². The normalized spacial score (nSPS) is 20.4. The first-order chi connectivity index (χ1) is 14.4. The molecule has 0 atom stereocenters. The molecule has 0 spiro atoms. The van der Waals surface area contributed by atoms with Crippen LogP contribution in [0.2, 0.25) is 0 Å². The number of aromatic nitrogens is 4. The summed E-state index contributed by atoms with van der Waals surface area (Å²) in [6.07, 6.45) is 4.73. The van der Waals surface area contributed by atoms with Gasteiger partial charge < -0.3 is 20.4 Å². The third-order valence-electron chi connectivity index (χ3n) is 6.43. The molecule has 0 bridgehead atoms. The molecule has 0 saturated carbocycles. The highest BCUT2D eigenvalue weighted by atomic mass is 32.1. The molecule has 5 heterocycles. The number of nitrogens with zero attached hydrogens (tertiary/aromatic N) is 6. The molecule has 2 saturated heterocycles. The maximum absolute atomic E-state index is 5.23. The summed E-state index contributed by atoms with van der Waals surface area (Å²) in [6, 6.07) is 0. The maximum atomic E-state index is 5.23. The van der Waals surface area contributed by atoms with Crippen molar-refractivity contribution in [1.82, 2.24) is 31.0 Å². The second-order valence-electron chi connectivity index (χ2n) is 8.15. The summed E-state index contributed by atoms with van der Waals surface area (Å²) >= 11 is 1.75. The number of hydrogen-bond acceptors (Lipinski definition) is 9. The summed E-state index contributed by atoms with van der Waals surface area (Å²) in [5, 5.41) is 21.3. The molecule has 8 nitrogen and oxygen atoms in total. The molecule has 2 aliphatic heterocycles. The monoisotopic (exact) mass is 410 g/mol. The highest BCUT2D eigenvalue weighted by molar-refractivity contribution is 7.26. The average Bonchev–Trinajstić information content (AvgIpc) is 3.18. The summed E-state index contributed by atoms with van der Waals surface area (Å²) < 4.78 is 1.15. The molecule has 2 N–H and O–H groups in total. The van der Waals surface area contributed by atoms with Gasteiger partial charge in [-0.25, -0.2) is 4.98 Å². The molecular formula is C20H26N8S. The number of thiophene rings is 1. The summed E-state index contributed by atoms with van der Waals surface area (Å²) in [7, 11) is 0. The summed E-state index contributed by atoms with van der Waals surface area (Å²) in [6.45, 7) is 8.01. The van der Waals surface area contributed by atoms with Gasteiger partial charge in [-0.05, 0) is 42.0 Å². The van der Waals surface area contributed by atoms with Crippen molar-refractivity contribution in [1.29, 1.82) is 0 Å². The number of rotatable bonds is 2. The molecule has 0 unspecified atom stereocenters. The van der Waals surface area contributed by atoms with Crippen molar-refractivity contribution in [2.24, 2.45) is 0 Å². The van der Waals surface area contributed by atoms with Crippen molar-refractivity contribution in [2.75, 3.05) is 62.2 Å². The maximum Gasteiger partial charge on any atom is 0.172 e. The van der Waals surface area contributed by atoms with E-state index in [-0.39, 0.29) is 0 Å². The van der Waals surface area contributed by atoms with E-state index in [1.807, 2.05) is 0 Å². The van der Waals surface area contributed by atoms with E-state index in [1.54, 1.807) is 11.3 Å². The highest BCUT2D eigenvalue weighted by Crippen LogP contribution is 2.43. The van der Waals surface area contributed by atoms with Crippen LogP contribution in [0, 0.1) is 0 Å². The smallest absolute Gasteiger partial charge is 0.172 e. The molecule has 6 rings (SSSR count). The van der Waals surface area contributed by atoms with Crippen LogP contribution < -0.4 is 20.4 Å². The molecule has 1 aliphatic carbocycles. The minimum absolute atomic E-state index is 0.958. The topological polar surface area (TPSA) is 82.1 Å². The summed E-state index contributed by atoms with van der Waals surface area (Å²) in [4.78, 5) is 11.1. The first-order valence-corrected chi connectivity index (χ1v) is 11.6. The van der Waals surface area contributed by atoms with E-state index in [0.717, 1.165) is 86.1 Å². The Morgan fingerprint density at radius 2 is 1.41 bits per heavy atom. The number of aryl methyl sites for hydroxylation is 1. The van der Waals surface area contributed by atoms with E-state index in [1.165, 1.54) is 35.2 Å². The Morgan fingerprint density at radius 1 is 0.759 bits per heavy atom. The number of fused-ring (bicyclic) bond motifs is 5. The van der Waals surface area contributed by atoms with Crippen LogP contribution in [0.4, 0.5) is 11.6 Å². The van der Waals surface area contributed by atoms with E-state index in [9.17, 15) is 0 Å². The number of anilines is 2. The zero-order chi connectivity index (χ0) is 19.2. The van der Waals surface area contributed by atoms with Gasteiger partial charge >= 0.3 is 0 Å². The average molecular weight is 411 g/mol. The number of piperazine rings is 2. The van der Waals surface area contributed by atoms with Crippen molar-refractivity contribution >= 4 is 43.4 Å². The molecule has 3 aromatic heterocycles. The van der Waals surface area contributed by atoms with E-state index in [0.29, 0.717) is 0 Å². The fourth-order valence-electron chi connectivity index (χ4n) is 4.98. The van der Waals surface area contributed by atoms with Crippen LogP contribution in [0.25, 0.3) is 20.4 Å². The number of nitrogens with one attached hydrogen (secondary N) is 2. The Labute approximate surface area is 173 Å². The summed E-state index contributed by atoms with van der Waals surface area (Å²) in [5.74, 6) is 2.19. The Bertz CT molecular complexity index is 1050. The van der Waals surface area contributed by atoms with Crippen molar-refractivity contribution < 1.29 is 0 Å². The second-order valence-corrected chi connectivity index (χ2v) is 9.15. The van der Waals surface area contributed by atoms with Crippen molar-refractivity contribution in [3.8, 4) is 0 Å². The van der Waals surface area contributed by atoms with Gasteiger partial charge in [0.2, 0.25) is 0 Å². The lowest BCUT2D eigenvalue weighted by Gasteiger charge is -2.32. The molecular weight excluding hydrogens is 384 g/mol. The second kappa shape index (κ2) is 7.30. The molecule has 9 heteroatoms. The molecule has 152 valence electrons. The molecule has 0 radical (unpaired) electrons. The predicted octanol–water partition coefficient (Wildman–Crippen LogP) is 1.33. The van der Waals surface area contributed by atoms with Gasteiger partial charge in [-0.15, -0.1) is 21.5 Å². The van der Waals surface area contributed by atoms with Crippen molar-refractivity contribution in [2.45, 2.75) is 25.7 Å². The van der Waals surface area contributed by atoms with Crippen LogP contribution in [0.5, 0.6) is 0 Å². The zero-order valence-corrected chi connectivity index (χ0v) is 17.4. The Morgan fingerprint density at radius 3 is 2.14 bits per heavy atom. The van der Waals surface area contributed by atoms with Crippen molar-refractivity contribution in [3.63, 3.8) is 0 Å². The molecule has 29 heavy (non-hydrogen) atoms. The van der Waals surface area contributed by atoms with E-state index in [4.69, 9.17) is 4.98 Å². The highest BCUT2D eigenvalue weighted by Gasteiger charge is 2.27.